The van der Waals surface area contributed by atoms with Crippen molar-refractivity contribution >= 4 is 14.1 Å². The maximum absolute atomic E-state index is 11.7. The maximum Gasteiger partial charge on any atom is 0.470 e. The fraction of sp³-hybridized carbons (Fsp3) is 0.833. The van der Waals surface area contributed by atoms with Crippen molar-refractivity contribution in [3.05, 3.63) is 0 Å². The number of nitrogens with one attached hydrogen (secondary N) is 1. The van der Waals surface area contributed by atoms with Crippen molar-refractivity contribution in [1.29, 1.82) is 0 Å². The maximum atomic E-state index is 11.7. The normalized spacial score (nSPS) is 12.8. The molecule has 0 heterocycles. The standard InChI is InChI=1S/C6H12F3NOSi/c1-4-12(2,3)10-5(11)6(7,8)9/h4H2,1-3H3,(H,10,11). The molecule has 0 fully saturated rings. The lowest BCUT2D eigenvalue weighted by molar-refractivity contribution is -0.171. The van der Waals surface area contributed by atoms with E-state index in [1.165, 1.54) is 0 Å². The van der Waals surface area contributed by atoms with Gasteiger partial charge in [-0.3, -0.25) is 4.79 Å². The summed E-state index contributed by atoms with van der Waals surface area (Å²) in [5, 5.41) is 0. The van der Waals surface area contributed by atoms with Crippen molar-refractivity contribution < 1.29 is 18.0 Å². The molecule has 0 unspecified atom stereocenters. The van der Waals surface area contributed by atoms with E-state index in [1.54, 1.807) is 20.0 Å². The quantitative estimate of drug-likeness (QED) is 0.676. The SMILES string of the molecule is CC[Si](C)(C)NC(=O)C(F)(F)F. The third-order valence-corrected chi connectivity index (χ3v) is 4.26. The monoisotopic (exact) mass is 199 g/mol. The van der Waals surface area contributed by atoms with Crippen LogP contribution in [-0.4, -0.2) is 20.3 Å². The van der Waals surface area contributed by atoms with E-state index in [1.807, 2.05) is 4.98 Å². The second-order valence-electron chi connectivity index (χ2n) is 3.19. The van der Waals surface area contributed by atoms with Crippen molar-refractivity contribution in [3.8, 4) is 0 Å². The molecule has 0 aliphatic heterocycles. The molecular formula is C6H12F3NOSi. The Kier molecular flexibility index (Phi) is 3.31. The summed E-state index contributed by atoms with van der Waals surface area (Å²) < 4.78 is 35.2. The third-order valence-electron chi connectivity index (χ3n) is 1.59. The molecule has 0 atom stereocenters. The van der Waals surface area contributed by atoms with Crippen LogP contribution in [0.3, 0.4) is 0 Å². The van der Waals surface area contributed by atoms with Crippen molar-refractivity contribution in [2.24, 2.45) is 0 Å². The van der Waals surface area contributed by atoms with Gasteiger partial charge >= 0.3 is 12.1 Å². The molecule has 0 spiro atoms. The molecule has 2 nitrogen and oxygen atoms in total. The highest BCUT2D eigenvalue weighted by Crippen LogP contribution is 2.16. The number of rotatable bonds is 2. The first-order valence-corrected chi connectivity index (χ1v) is 6.79. The lowest BCUT2D eigenvalue weighted by Crippen LogP contribution is -2.52. The Morgan fingerprint density at radius 2 is 1.83 bits per heavy atom. The molecule has 1 amide bonds. The Morgan fingerprint density at radius 1 is 1.42 bits per heavy atom. The second-order valence-corrected chi connectivity index (χ2v) is 7.91. The summed E-state index contributed by atoms with van der Waals surface area (Å²) in [6.45, 7) is 5.12. The molecule has 0 saturated carbocycles. The summed E-state index contributed by atoms with van der Waals surface area (Å²) in [6, 6.07) is 0.592. The van der Waals surface area contributed by atoms with Gasteiger partial charge < -0.3 is 4.98 Å². The lowest BCUT2D eigenvalue weighted by atomic mass is 10.6. The Morgan fingerprint density at radius 3 is 2.08 bits per heavy atom. The molecule has 6 heteroatoms. The summed E-state index contributed by atoms with van der Waals surface area (Å²) in [7, 11) is -2.17. The molecule has 1 N–H and O–H groups in total. The van der Waals surface area contributed by atoms with Crippen LogP contribution in [0.4, 0.5) is 13.2 Å². The van der Waals surface area contributed by atoms with Crippen molar-refractivity contribution in [3.63, 3.8) is 0 Å². The molecule has 0 bridgehead atoms. The predicted molar refractivity (Wildman–Crippen MR) is 42.2 cm³/mol. The molecule has 0 radical (unpaired) electrons. The fourth-order valence-electron chi connectivity index (χ4n) is 0.467. The molecule has 0 aromatic heterocycles. The number of amides is 1. The average molecular weight is 199 g/mol. The van der Waals surface area contributed by atoms with Gasteiger partial charge in [-0.15, -0.1) is 0 Å². The van der Waals surface area contributed by atoms with Crippen LogP contribution in [-0.2, 0) is 4.79 Å². The first-order chi connectivity index (χ1) is 5.19. The van der Waals surface area contributed by atoms with Gasteiger partial charge in [0.2, 0.25) is 0 Å². The van der Waals surface area contributed by atoms with E-state index < -0.39 is 20.3 Å². The van der Waals surface area contributed by atoms with Crippen LogP contribution in [0.25, 0.3) is 0 Å². The second kappa shape index (κ2) is 3.47. The molecule has 0 aromatic rings. The topological polar surface area (TPSA) is 29.1 Å². The Balaban J connectivity index is 4.20. The van der Waals surface area contributed by atoms with Crippen LogP contribution in [0.5, 0.6) is 0 Å². The molecule has 0 aromatic carbocycles. The number of alkyl halides is 3. The summed E-state index contributed by atoms with van der Waals surface area (Å²) >= 11 is 0. The highest BCUT2D eigenvalue weighted by atomic mass is 28.3. The largest absolute Gasteiger partial charge is 0.470 e. The van der Waals surface area contributed by atoms with Crippen molar-refractivity contribution in [2.75, 3.05) is 0 Å². The zero-order chi connectivity index (χ0) is 9.99. The molecule has 0 rings (SSSR count). The van der Waals surface area contributed by atoms with Gasteiger partial charge in [-0.05, 0) is 6.04 Å². The molecule has 0 saturated heterocycles. The molecule has 12 heavy (non-hydrogen) atoms. The summed E-state index contributed by atoms with van der Waals surface area (Å²) in [5.74, 6) is -1.82. The minimum atomic E-state index is -4.75. The zero-order valence-corrected chi connectivity index (χ0v) is 8.25. The van der Waals surface area contributed by atoms with Crippen molar-refractivity contribution in [2.45, 2.75) is 32.2 Å². The van der Waals surface area contributed by atoms with Gasteiger partial charge in [0.25, 0.3) is 0 Å². The highest BCUT2D eigenvalue weighted by Gasteiger charge is 2.41. The number of carbonyl (C=O) groups is 1. The van der Waals surface area contributed by atoms with Gasteiger partial charge in [-0.2, -0.15) is 13.2 Å². The van der Waals surface area contributed by atoms with E-state index in [4.69, 9.17) is 0 Å². The van der Waals surface area contributed by atoms with Gasteiger partial charge in [0.1, 0.15) is 0 Å². The van der Waals surface area contributed by atoms with E-state index in [2.05, 4.69) is 0 Å². The zero-order valence-electron chi connectivity index (χ0n) is 7.25. The van der Waals surface area contributed by atoms with E-state index >= 15 is 0 Å². The average Bonchev–Trinajstić information content (AvgIpc) is 1.85. The van der Waals surface area contributed by atoms with Crippen LogP contribution in [0.1, 0.15) is 6.92 Å². The van der Waals surface area contributed by atoms with Gasteiger partial charge in [-0.1, -0.05) is 20.0 Å². The molecule has 0 aliphatic rings. The smallest absolute Gasteiger partial charge is 0.374 e. The molecule has 72 valence electrons. The number of hydrogen-bond donors (Lipinski definition) is 1. The summed E-state index contributed by atoms with van der Waals surface area (Å²) in [4.78, 5) is 12.5. The first-order valence-electron chi connectivity index (χ1n) is 3.58. The number of hydrogen-bond acceptors (Lipinski definition) is 1. The fourth-order valence-corrected chi connectivity index (χ4v) is 1.40. The highest BCUT2D eigenvalue weighted by molar-refractivity contribution is 6.77. The molecule has 0 aliphatic carbocycles. The minimum Gasteiger partial charge on any atom is -0.374 e. The van der Waals surface area contributed by atoms with E-state index in [0.717, 1.165) is 0 Å². The van der Waals surface area contributed by atoms with E-state index in [0.29, 0.717) is 6.04 Å². The predicted octanol–water partition coefficient (Wildman–Crippen LogP) is 1.89. The van der Waals surface area contributed by atoms with Gasteiger partial charge in [0, 0.05) is 0 Å². The number of carbonyl (C=O) groups excluding carboxylic acids is 1. The number of halogens is 3. The summed E-state index contributed by atoms with van der Waals surface area (Å²) in [6.07, 6.45) is -4.75. The van der Waals surface area contributed by atoms with Crippen LogP contribution in [0.15, 0.2) is 0 Å². The lowest BCUT2D eigenvalue weighted by Gasteiger charge is -2.22. The van der Waals surface area contributed by atoms with Gasteiger partial charge in [0.05, 0.1) is 0 Å². The van der Waals surface area contributed by atoms with Crippen LogP contribution in [0, 0.1) is 0 Å². The Hall–Kier alpha value is -0.523. The van der Waals surface area contributed by atoms with Crippen LogP contribution >= 0.6 is 0 Å². The van der Waals surface area contributed by atoms with Crippen LogP contribution in [0.2, 0.25) is 19.1 Å². The third kappa shape index (κ3) is 3.75. The van der Waals surface area contributed by atoms with E-state index in [9.17, 15) is 18.0 Å². The van der Waals surface area contributed by atoms with Gasteiger partial charge in [-0.25, -0.2) is 0 Å². The van der Waals surface area contributed by atoms with Gasteiger partial charge in [0.15, 0.2) is 8.24 Å². The molecular weight excluding hydrogens is 187 g/mol. The van der Waals surface area contributed by atoms with E-state index in [-0.39, 0.29) is 0 Å². The Labute approximate surface area is 70.2 Å². The minimum absolute atomic E-state index is 0.592. The first kappa shape index (κ1) is 11.5. The van der Waals surface area contributed by atoms with Crippen LogP contribution < -0.4 is 4.98 Å². The Bertz CT molecular complexity index is 178. The summed E-state index contributed by atoms with van der Waals surface area (Å²) in [5.41, 5.74) is 0. The van der Waals surface area contributed by atoms with Crippen molar-refractivity contribution in [1.82, 2.24) is 4.98 Å².